The van der Waals surface area contributed by atoms with E-state index in [1.54, 1.807) is 0 Å². The molecule has 0 unspecified atom stereocenters. The summed E-state index contributed by atoms with van der Waals surface area (Å²) in [5, 5.41) is 12.2. The van der Waals surface area contributed by atoms with E-state index in [1.807, 2.05) is 32.9 Å². The van der Waals surface area contributed by atoms with Crippen molar-refractivity contribution in [1.82, 2.24) is 0 Å². The summed E-state index contributed by atoms with van der Waals surface area (Å²) in [4.78, 5) is 24.3. The highest BCUT2D eigenvalue weighted by Crippen LogP contribution is 2.65. The Hall–Kier alpha value is -2.14. The van der Waals surface area contributed by atoms with Crippen LogP contribution in [0.1, 0.15) is 73.1 Å². The van der Waals surface area contributed by atoms with E-state index in [-0.39, 0.29) is 53.0 Å². The molecule has 0 saturated heterocycles. The van der Waals surface area contributed by atoms with Gasteiger partial charge in [0.1, 0.15) is 11.7 Å². The second kappa shape index (κ2) is 8.19. The molecule has 3 aliphatic carbocycles. The van der Waals surface area contributed by atoms with Crippen LogP contribution in [0.4, 0.5) is 0 Å². The van der Waals surface area contributed by atoms with Gasteiger partial charge in [-0.15, -0.1) is 0 Å². The Balaban J connectivity index is 1.43. The SMILES string of the molecule is C=C1[C@H]([C@@H](C)[C@H]2CC=C(C)C(=O)O2)CC[C@]2(C)[C@@H]1C[C@]1(O)C=C3C=CC(=O)OC(C)(C)[C@@H]3CC[C@@H]21. The molecule has 0 aromatic carbocycles. The molecule has 2 heterocycles. The maximum absolute atomic E-state index is 12.2. The molecule has 5 heteroatoms. The predicted molar refractivity (Wildman–Crippen MR) is 134 cm³/mol. The number of allylic oxidation sites excluding steroid dienone is 2. The number of esters is 2. The summed E-state index contributed by atoms with van der Waals surface area (Å²) < 4.78 is 11.5. The Morgan fingerprint density at radius 1 is 1.11 bits per heavy atom. The molecule has 35 heavy (non-hydrogen) atoms. The van der Waals surface area contributed by atoms with Gasteiger partial charge < -0.3 is 14.6 Å². The minimum absolute atomic E-state index is 0.0348. The average Bonchev–Trinajstić information content (AvgIpc) is 2.86. The molecule has 2 saturated carbocycles. The van der Waals surface area contributed by atoms with Crippen LogP contribution in [0.3, 0.4) is 0 Å². The normalized spacial score (nSPS) is 43.4. The van der Waals surface area contributed by atoms with Gasteiger partial charge in [0.05, 0.1) is 5.60 Å². The van der Waals surface area contributed by atoms with Gasteiger partial charge in [0.15, 0.2) is 0 Å². The lowest BCUT2D eigenvalue weighted by atomic mass is 9.57. The number of aliphatic hydroxyl groups is 1. The zero-order valence-corrected chi connectivity index (χ0v) is 21.8. The van der Waals surface area contributed by atoms with Gasteiger partial charge in [-0.2, -0.15) is 0 Å². The Morgan fingerprint density at radius 2 is 1.86 bits per heavy atom. The molecule has 2 aliphatic heterocycles. The first kappa shape index (κ1) is 24.5. The standard InChI is InChI=1S/C30H40O5/c1-17-7-10-24(34-27(17)32)19(3)21-13-14-29(6)23(18(21)2)16-30(33)15-20-8-12-26(31)35-28(4,5)22(20)9-11-25(29)30/h7-8,12,15,19,21-25,33H,2,9-11,13-14,16H2,1,3-6H3/t19-,21-,22-,23-,24-,25+,29-,30-/m1/s1. The van der Waals surface area contributed by atoms with Crippen molar-refractivity contribution in [1.29, 1.82) is 0 Å². The second-order valence-corrected chi connectivity index (χ2v) is 12.6. The van der Waals surface area contributed by atoms with Crippen LogP contribution in [0.2, 0.25) is 0 Å². The largest absolute Gasteiger partial charge is 0.458 e. The van der Waals surface area contributed by atoms with Crippen molar-refractivity contribution in [3.63, 3.8) is 0 Å². The van der Waals surface area contributed by atoms with Crippen molar-refractivity contribution >= 4 is 11.9 Å². The van der Waals surface area contributed by atoms with Crippen molar-refractivity contribution in [2.45, 2.75) is 90.4 Å². The lowest BCUT2D eigenvalue weighted by molar-refractivity contribution is -0.153. The van der Waals surface area contributed by atoms with Crippen LogP contribution in [0.15, 0.2) is 47.6 Å². The number of carbonyl (C=O) groups is 2. The molecular formula is C30H40O5. The lowest BCUT2D eigenvalue weighted by Gasteiger charge is -2.48. The van der Waals surface area contributed by atoms with Crippen LogP contribution in [-0.2, 0) is 19.1 Å². The Kier molecular flexibility index (Phi) is 5.75. The zero-order valence-electron chi connectivity index (χ0n) is 21.8. The van der Waals surface area contributed by atoms with Gasteiger partial charge in [-0.25, -0.2) is 9.59 Å². The molecule has 0 aromatic rings. The highest BCUT2D eigenvalue weighted by Gasteiger charge is 2.62. The Bertz CT molecular complexity index is 1050. The highest BCUT2D eigenvalue weighted by atomic mass is 16.6. The molecule has 1 N–H and O–H groups in total. The smallest absolute Gasteiger partial charge is 0.333 e. The summed E-state index contributed by atoms with van der Waals surface area (Å²) in [6, 6.07) is 0. The van der Waals surface area contributed by atoms with Crippen LogP contribution in [0.25, 0.3) is 0 Å². The topological polar surface area (TPSA) is 72.8 Å². The maximum atomic E-state index is 12.2. The van der Waals surface area contributed by atoms with E-state index in [2.05, 4.69) is 26.5 Å². The molecule has 5 aliphatic rings. The fourth-order valence-corrected chi connectivity index (χ4v) is 8.24. The minimum atomic E-state index is -0.935. The first-order valence-electron chi connectivity index (χ1n) is 13.3. The fraction of sp³-hybridized carbons (Fsp3) is 0.667. The summed E-state index contributed by atoms with van der Waals surface area (Å²) >= 11 is 0. The molecule has 5 rings (SSSR count). The van der Waals surface area contributed by atoms with E-state index in [0.717, 1.165) is 37.7 Å². The number of hydrogen-bond donors (Lipinski definition) is 1. The molecule has 0 spiro atoms. The first-order chi connectivity index (χ1) is 16.4. The minimum Gasteiger partial charge on any atom is -0.458 e. The predicted octanol–water partition coefficient (Wildman–Crippen LogP) is 5.45. The van der Waals surface area contributed by atoms with Crippen molar-refractivity contribution in [2.24, 2.45) is 35.0 Å². The molecule has 0 aromatic heterocycles. The van der Waals surface area contributed by atoms with Crippen LogP contribution in [0, 0.1) is 35.0 Å². The summed E-state index contributed by atoms with van der Waals surface area (Å²) in [6.45, 7) is 14.9. The molecule has 5 nitrogen and oxygen atoms in total. The molecule has 0 radical (unpaired) electrons. The Morgan fingerprint density at radius 3 is 2.57 bits per heavy atom. The molecular weight excluding hydrogens is 440 g/mol. The van der Waals surface area contributed by atoms with Crippen LogP contribution >= 0.6 is 0 Å². The number of carbonyl (C=O) groups excluding carboxylic acids is 2. The third-order valence-corrected chi connectivity index (χ3v) is 10.3. The van der Waals surface area contributed by atoms with Crippen molar-refractivity contribution in [3.8, 4) is 0 Å². The van der Waals surface area contributed by atoms with Gasteiger partial charge >= 0.3 is 11.9 Å². The van der Waals surface area contributed by atoms with Gasteiger partial charge in [-0.3, -0.25) is 0 Å². The monoisotopic (exact) mass is 480 g/mol. The van der Waals surface area contributed by atoms with Crippen molar-refractivity contribution in [2.75, 3.05) is 0 Å². The van der Waals surface area contributed by atoms with E-state index in [1.165, 1.54) is 11.6 Å². The highest BCUT2D eigenvalue weighted by molar-refractivity contribution is 5.88. The van der Waals surface area contributed by atoms with E-state index in [4.69, 9.17) is 9.47 Å². The molecule has 190 valence electrons. The van der Waals surface area contributed by atoms with E-state index in [9.17, 15) is 14.7 Å². The number of fused-ring (bicyclic) bond motifs is 4. The fourth-order valence-electron chi connectivity index (χ4n) is 8.24. The number of rotatable bonds is 2. The summed E-state index contributed by atoms with van der Waals surface area (Å²) in [7, 11) is 0. The van der Waals surface area contributed by atoms with E-state index >= 15 is 0 Å². The number of ether oxygens (including phenoxy) is 2. The van der Waals surface area contributed by atoms with E-state index in [0.29, 0.717) is 12.0 Å². The molecule has 0 amide bonds. The van der Waals surface area contributed by atoms with Crippen molar-refractivity contribution < 1.29 is 24.2 Å². The summed E-state index contributed by atoms with van der Waals surface area (Å²) in [5.41, 5.74) is 1.33. The van der Waals surface area contributed by atoms with Crippen LogP contribution in [0.5, 0.6) is 0 Å². The number of hydrogen-bond acceptors (Lipinski definition) is 5. The lowest BCUT2D eigenvalue weighted by Crippen LogP contribution is -2.43. The van der Waals surface area contributed by atoms with Crippen LogP contribution < -0.4 is 0 Å². The zero-order chi connectivity index (χ0) is 25.3. The van der Waals surface area contributed by atoms with Gasteiger partial charge in [0, 0.05) is 24.0 Å². The second-order valence-electron chi connectivity index (χ2n) is 12.6. The van der Waals surface area contributed by atoms with Crippen molar-refractivity contribution in [3.05, 3.63) is 47.6 Å². The summed E-state index contributed by atoms with van der Waals surface area (Å²) in [6.07, 6.45) is 12.5. The van der Waals surface area contributed by atoms with E-state index < -0.39 is 11.2 Å². The Labute approximate surface area is 209 Å². The first-order valence-corrected chi connectivity index (χ1v) is 13.3. The van der Waals surface area contributed by atoms with Crippen LogP contribution in [-0.4, -0.2) is 34.4 Å². The summed E-state index contributed by atoms with van der Waals surface area (Å²) in [5.74, 6) is 0.343. The molecule has 8 atom stereocenters. The number of cyclic esters (lactones) is 2. The average molecular weight is 481 g/mol. The molecule has 2 fully saturated rings. The quantitative estimate of drug-likeness (QED) is 0.420. The van der Waals surface area contributed by atoms with Gasteiger partial charge in [0.25, 0.3) is 0 Å². The third kappa shape index (κ3) is 3.85. The van der Waals surface area contributed by atoms with Gasteiger partial charge in [-0.1, -0.05) is 38.2 Å². The van der Waals surface area contributed by atoms with Gasteiger partial charge in [-0.05, 0) is 93.6 Å². The maximum Gasteiger partial charge on any atom is 0.333 e. The third-order valence-electron chi connectivity index (χ3n) is 10.3. The molecule has 0 bridgehead atoms. The van der Waals surface area contributed by atoms with Gasteiger partial charge in [0.2, 0.25) is 0 Å².